The number of carbonyl (C=O) groups is 1. The summed E-state index contributed by atoms with van der Waals surface area (Å²) in [7, 11) is 0. The van der Waals surface area contributed by atoms with E-state index in [9.17, 15) is 4.79 Å². The Morgan fingerprint density at radius 1 is 1.09 bits per heavy atom. The standard InChI is InChI=1S/C13H8Cl2N6O/c14-8-3-9(15)5-10(4-8)18-13(22)11-1-2-12(20-19-11)21-7-16-6-17-21/h1-7H,(H,18,22). The summed E-state index contributed by atoms with van der Waals surface area (Å²) >= 11 is 11.8. The van der Waals surface area contributed by atoms with E-state index < -0.39 is 5.91 Å². The Morgan fingerprint density at radius 2 is 1.86 bits per heavy atom. The van der Waals surface area contributed by atoms with Crippen molar-refractivity contribution in [1.82, 2.24) is 25.0 Å². The van der Waals surface area contributed by atoms with Crippen LogP contribution in [0.25, 0.3) is 5.82 Å². The number of nitrogens with zero attached hydrogens (tertiary/aromatic N) is 5. The highest BCUT2D eigenvalue weighted by Crippen LogP contribution is 2.22. The van der Waals surface area contributed by atoms with E-state index in [0.29, 0.717) is 21.6 Å². The van der Waals surface area contributed by atoms with E-state index in [1.165, 1.54) is 23.4 Å². The number of hydrogen-bond acceptors (Lipinski definition) is 5. The molecule has 2 aromatic heterocycles. The first-order valence-electron chi connectivity index (χ1n) is 6.08. The molecule has 0 fully saturated rings. The van der Waals surface area contributed by atoms with Crippen molar-refractivity contribution in [2.24, 2.45) is 0 Å². The number of aromatic nitrogens is 5. The summed E-state index contributed by atoms with van der Waals surface area (Å²) in [6.45, 7) is 0. The van der Waals surface area contributed by atoms with Gasteiger partial charge < -0.3 is 5.32 Å². The minimum absolute atomic E-state index is 0.153. The minimum Gasteiger partial charge on any atom is -0.320 e. The second-order valence-corrected chi connectivity index (χ2v) is 5.10. The lowest BCUT2D eigenvalue weighted by Gasteiger charge is -2.06. The van der Waals surface area contributed by atoms with Crippen LogP contribution in [0.3, 0.4) is 0 Å². The number of rotatable bonds is 3. The van der Waals surface area contributed by atoms with E-state index >= 15 is 0 Å². The van der Waals surface area contributed by atoms with Crippen molar-refractivity contribution in [3.05, 3.63) is 58.7 Å². The fourth-order valence-electron chi connectivity index (χ4n) is 1.72. The molecule has 22 heavy (non-hydrogen) atoms. The maximum absolute atomic E-state index is 12.1. The number of halogens is 2. The zero-order valence-electron chi connectivity index (χ0n) is 10.9. The van der Waals surface area contributed by atoms with Crippen LogP contribution < -0.4 is 5.32 Å². The number of hydrogen-bond donors (Lipinski definition) is 1. The smallest absolute Gasteiger partial charge is 0.276 e. The molecule has 110 valence electrons. The van der Waals surface area contributed by atoms with Gasteiger partial charge in [0.2, 0.25) is 0 Å². The first kappa shape index (κ1) is 14.4. The average molecular weight is 335 g/mol. The van der Waals surface area contributed by atoms with Gasteiger partial charge >= 0.3 is 0 Å². The van der Waals surface area contributed by atoms with E-state index in [0.717, 1.165) is 0 Å². The van der Waals surface area contributed by atoms with Crippen LogP contribution in [-0.4, -0.2) is 30.9 Å². The number of benzene rings is 1. The third-order valence-electron chi connectivity index (χ3n) is 2.66. The SMILES string of the molecule is O=C(Nc1cc(Cl)cc(Cl)c1)c1ccc(-n2cncn2)nn1. The molecule has 1 amide bonds. The summed E-state index contributed by atoms with van der Waals surface area (Å²) in [5, 5.41) is 15.2. The summed E-state index contributed by atoms with van der Waals surface area (Å²) in [6.07, 6.45) is 2.86. The molecule has 0 aliphatic heterocycles. The monoisotopic (exact) mass is 334 g/mol. The molecule has 7 nitrogen and oxygen atoms in total. The number of anilines is 1. The Hall–Kier alpha value is -2.51. The van der Waals surface area contributed by atoms with Crippen LogP contribution >= 0.6 is 23.2 Å². The molecule has 0 saturated carbocycles. The van der Waals surface area contributed by atoms with Gasteiger partial charge in [0.05, 0.1) is 0 Å². The predicted octanol–water partition coefficient (Wildman–Crippen LogP) is 2.62. The van der Waals surface area contributed by atoms with Crippen LogP contribution in [0.5, 0.6) is 0 Å². The van der Waals surface area contributed by atoms with Gasteiger partial charge in [-0.1, -0.05) is 23.2 Å². The largest absolute Gasteiger partial charge is 0.320 e. The second-order valence-electron chi connectivity index (χ2n) is 4.23. The summed E-state index contributed by atoms with van der Waals surface area (Å²) in [4.78, 5) is 15.9. The average Bonchev–Trinajstić information content (AvgIpc) is 3.00. The molecule has 0 saturated heterocycles. The Kier molecular flexibility index (Phi) is 3.99. The van der Waals surface area contributed by atoms with Gasteiger partial charge in [0.1, 0.15) is 12.7 Å². The summed E-state index contributed by atoms with van der Waals surface area (Å²) in [6, 6.07) is 7.89. The molecule has 0 unspecified atom stereocenters. The van der Waals surface area contributed by atoms with Gasteiger partial charge in [0.15, 0.2) is 11.5 Å². The topological polar surface area (TPSA) is 85.6 Å². The van der Waals surface area contributed by atoms with Crippen molar-refractivity contribution in [1.29, 1.82) is 0 Å². The van der Waals surface area contributed by atoms with Crippen LogP contribution in [0.4, 0.5) is 5.69 Å². The van der Waals surface area contributed by atoms with Crippen molar-refractivity contribution >= 4 is 34.8 Å². The van der Waals surface area contributed by atoms with Gasteiger partial charge in [-0.05, 0) is 30.3 Å². The Morgan fingerprint density at radius 3 is 2.45 bits per heavy atom. The van der Waals surface area contributed by atoms with Gasteiger partial charge in [0.25, 0.3) is 5.91 Å². The van der Waals surface area contributed by atoms with Gasteiger partial charge in [-0.2, -0.15) is 5.10 Å². The summed E-state index contributed by atoms with van der Waals surface area (Å²) < 4.78 is 1.44. The van der Waals surface area contributed by atoms with Gasteiger partial charge in [0, 0.05) is 15.7 Å². The molecule has 3 rings (SSSR count). The number of amides is 1. The molecular weight excluding hydrogens is 327 g/mol. The lowest BCUT2D eigenvalue weighted by molar-refractivity contribution is 0.102. The predicted molar refractivity (Wildman–Crippen MR) is 81.4 cm³/mol. The van der Waals surface area contributed by atoms with Gasteiger partial charge in [-0.15, -0.1) is 10.2 Å². The van der Waals surface area contributed by atoms with Crippen molar-refractivity contribution in [2.75, 3.05) is 5.32 Å². The molecule has 0 bridgehead atoms. The minimum atomic E-state index is -0.420. The summed E-state index contributed by atoms with van der Waals surface area (Å²) in [5.74, 6) is 0.0378. The molecule has 0 atom stereocenters. The molecule has 0 aliphatic carbocycles. The van der Waals surface area contributed by atoms with Crippen molar-refractivity contribution < 1.29 is 4.79 Å². The van der Waals surface area contributed by atoms with E-state index in [2.05, 4.69) is 25.6 Å². The maximum Gasteiger partial charge on any atom is 0.276 e. The van der Waals surface area contributed by atoms with Crippen molar-refractivity contribution in [3.63, 3.8) is 0 Å². The fourth-order valence-corrected chi connectivity index (χ4v) is 2.24. The first-order valence-corrected chi connectivity index (χ1v) is 6.83. The van der Waals surface area contributed by atoms with E-state index in [1.54, 1.807) is 24.3 Å². The van der Waals surface area contributed by atoms with Crippen molar-refractivity contribution in [3.8, 4) is 5.82 Å². The molecule has 0 spiro atoms. The first-order chi connectivity index (χ1) is 10.6. The maximum atomic E-state index is 12.1. The van der Waals surface area contributed by atoms with E-state index in [1.807, 2.05) is 0 Å². The van der Waals surface area contributed by atoms with E-state index in [4.69, 9.17) is 23.2 Å². The molecule has 0 radical (unpaired) electrons. The fraction of sp³-hybridized carbons (Fsp3) is 0. The molecule has 0 aliphatic rings. The molecule has 9 heteroatoms. The third-order valence-corrected chi connectivity index (χ3v) is 3.09. The Bertz CT molecular complexity index is 784. The normalized spacial score (nSPS) is 10.5. The summed E-state index contributed by atoms with van der Waals surface area (Å²) in [5.41, 5.74) is 0.629. The Labute approximate surface area is 134 Å². The second kappa shape index (κ2) is 6.08. The lowest BCUT2D eigenvalue weighted by atomic mass is 10.3. The van der Waals surface area contributed by atoms with Crippen LogP contribution in [0.2, 0.25) is 10.0 Å². The quantitative estimate of drug-likeness (QED) is 0.795. The molecular formula is C13H8Cl2N6O. The molecule has 2 heterocycles. The molecule has 1 aromatic carbocycles. The van der Waals surface area contributed by atoms with Crippen LogP contribution in [0.15, 0.2) is 43.0 Å². The van der Waals surface area contributed by atoms with Crippen LogP contribution in [0, 0.1) is 0 Å². The Balaban J connectivity index is 1.77. The highest BCUT2D eigenvalue weighted by molar-refractivity contribution is 6.35. The van der Waals surface area contributed by atoms with Gasteiger partial charge in [-0.3, -0.25) is 4.79 Å². The number of carbonyl (C=O) groups excluding carboxylic acids is 1. The zero-order chi connectivity index (χ0) is 15.5. The van der Waals surface area contributed by atoms with Crippen LogP contribution in [0.1, 0.15) is 10.5 Å². The molecule has 3 aromatic rings. The molecule has 1 N–H and O–H groups in total. The lowest BCUT2D eigenvalue weighted by Crippen LogP contribution is -2.15. The highest BCUT2D eigenvalue weighted by atomic mass is 35.5. The zero-order valence-corrected chi connectivity index (χ0v) is 12.5. The highest BCUT2D eigenvalue weighted by Gasteiger charge is 2.10. The van der Waals surface area contributed by atoms with E-state index in [-0.39, 0.29) is 5.69 Å². The number of nitrogens with one attached hydrogen (secondary N) is 1. The third kappa shape index (κ3) is 3.21. The van der Waals surface area contributed by atoms with Crippen LogP contribution in [-0.2, 0) is 0 Å². The van der Waals surface area contributed by atoms with Crippen molar-refractivity contribution in [2.45, 2.75) is 0 Å². The van der Waals surface area contributed by atoms with Gasteiger partial charge in [-0.25, -0.2) is 9.67 Å².